The highest BCUT2D eigenvalue weighted by Crippen LogP contribution is 2.52. The number of rotatable bonds is 1. The fourth-order valence-corrected chi connectivity index (χ4v) is 3.64. The van der Waals surface area contributed by atoms with Crippen molar-refractivity contribution in [2.24, 2.45) is 0 Å². The summed E-state index contributed by atoms with van der Waals surface area (Å²) >= 11 is 6.25. The maximum atomic E-state index is 11.4. The van der Waals surface area contributed by atoms with Crippen LogP contribution in [-0.4, -0.2) is 11.5 Å². The van der Waals surface area contributed by atoms with E-state index < -0.39 is 0 Å². The number of hydrogen-bond donors (Lipinski definition) is 1. The van der Waals surface area contributed by atoms with E-state index in [1.165, 1.54) is 6.92 Å². The zero-order valence-electron chi connectivity index (χ0n) is 11.3. The lowest BCUT2D eigenvalue weighted by atomic mass is 9.73. The molecule has 1 N–H and O–H groups in total. The summed E-state index contributed by atoms with van der Waals surface area (Å²) in [5.74, 6) is 1.22. The Morgan fingerprint density at radius 3 is 3.05 bits per heavy atom. The average molecular weight is 280 g/mol. The van der Waals surface area contributed by atoms with E-state index in [0.29, 0.717) is 10.9 Å². The Morgan fingerprint density at radius 1 is 1.53 bits per heavy atom. The first kappa shape index (κ1) is 12.8. The van der Waals surface area contributed by atoms with Gasteiger partial charge < -0.3 is 10.1 Å². The topological polar surface area (TPSA) is 38.3 Å². The van der Waals surface area contributed by atoms with Gasteiger partial charge in [0.05, 0.1) is 10.7 Å². The Hall–Kier alpha value is -1.22. The number of carbonyl (C=O) groups excluding carboxylic acids is 1. The Bertz CT molecular complexity index is 543. The molecule has 1 aromatic carbocycles. The lowest BCUT2D eigenvalue weighted by Crippen LogP contribution is -2.41. The zero-order chi connectivity index (χ0) is 13.6. The first-order valence-electron chi connectivity index (χ1n) is 6.77. The minimum absolute atomic E-state index is 0.0583. The molecule has 3 rings (SSSR count). The average Bonchev–Trinajstić information content (AvgIpc) is 2.31. The van der Waals surface area contributed by atoms with Crippen LogP contribution in [0.4, 0.5) is 5.69 Å². The van der Waals surface area contributed by atoms with Gasteiger partial charge in [-0.3, -0.25) is 4.79 Å². The van der Waals surface area contributed by atoms with Crippen molar-refractivity contribution in [2.45, 2.75) is 51.0 Å². The maximum Gasteiger partial charge on any atom is 0.221 e. The molecule has 1 aliphatic carbocycles. The third-order valence-electron chi connectivity index (χ3n) is 4.16. The van der Waals surface area contributed by atoms with Gasteiger partial charge in [0.25, 0.3) is 0 Å². The first-order valence-corrected chi connectivity index (χ1v) is 7.15. The molecule has 0 saturated heterocycles. The van der Waals surface area contributed by atoms with Crippen LogP contribution in [0.25, 0.3) is 0 Å². The second kappa shape index (κ2) is 4.41. The van der Waals surface area contributed by atoms with E-state index in [1.54, 1.807) is 6.07 Å². The minimum atomic E-state index is -0.0977. The highest BCUT2D eigenvalue weighted by atomic mass is 35.5. The molecule has 0 spiro atoms. The SMILES string of the molecule is CC(=O)Nc1c(Cl)ccc2c1C1CCCC(C)(C1)O2. The summed E-state index contributed by atoms with van der Waals surface area (Å²) < 4.78 is 6.16. The fraction of sp³-hybridized carbons (Fsp3) is 0.533. The molecule has 2 unspecified atom stereocenters. The number of halogens is 1. The standard InChI is InChI=1S/C15H18ClNO2/c1-9(18)17-14-11(16)5-6-12-13(14)10-4-3-7-15(2,8-10)19-12/h5-6,10H,3-4,7-8H2,1-2H3,(H,17,18). The van der Waals surface area contributed by atoms with Crippen LogP contribution in [-0.2, 0) is 4.79 Å². The summed E-state index contributed by atoms with van der Waals surface area (Å²) in [5.41, 5.74) is 1.76. The summed E-state index contributed by atoms with van der Waals surface area (Å²) in [6.07, 6.45) is 4.40. The molecule has 1 heterocycles. The summed E-state index contributed by atoms with van der Waals surface area (Å²) in [7, 11) is 0. The molecule has 2 aliphatic rings. The van der Waals surface area contributed by atoms with E-state index in [9.17, 15) is 4.79 Å². The van der Waals surface area contributed by atoms with E-state index in [1.807, 2.05) is 6.07 Å². The van der Waals surface area contributed by atoms with Crippen LogP contribution in [0.15, 0.2) is 12.1 Å². The highest BCUT2D eigenvalue weighted by molar-refractivity contribution is 6.34. The van der Waals surface area contributed by atoms with Crippen molar-refractivity contribution < 1.29 is 9.53 Å². The van der Waals surface area contributed by atoms with Crippen LogP contribution in [0.3, 0.4) is 0 Å². The number of benzene rings is 1. The molecule has 2 bridgehead atoms. The molecule has 4 heteroatoms. The van der Waals surface area contributed by atoms with Crippen LogP contribution >= 0.6 is 11.6 Å². The van der Waals surface area contributed by atoms with Crippen molar-refractivity contribution in [3.05, 3.63) is 22.7 Å². The zero-order valence-corrected chi connectivity index (χ0v) is 12.0. The molecule has 1 aliphatic heterocycles. The second-order valence-electron chi connectivity index (χ2n) is 5.86. The first-order chi connectivity index (χ1) is 8.98. The number of anilines is 1. The van der Waals surface area contributed by atoms with Gasteiger partial charge in [0, 0.05) is 12.5 Å². The van der Waals surface area contributed by atoms with Gasteiger partial charge in [-0.25, -0.2) is 0 Å². The second-order valence-corrected chi connectivity index (χ2v) is 6.27. The van der Waals surface area contributed by atoms with E-state index in [-0.39, 0.29) is 11.5 Å². The van der Waals surface area contributed by atoms with E-state index >= 15 is 0 Å². The summed E-state index contributed by atoms with van der Waals surface area (Å²) in [6, 6.07) is 3.73. The minimum Gasteiger partial charge on any atom is -0.487 e. The third kappa shape index (κ3) is 2.20. The fourth-order valence-electron chi connectivity index (χ4n) is 3.42. The van der Waals surface area contributed by atoms with Crippen LogP contribution < -0.4 is 10.1 Å². The van der Waals surface area contributed by atoms with Crippen LogP contribution in [0.5, 0.6) is 5.75 Å². The molecule has 1 fully saturated rings. The largest absolute Gasteiger partial charge is 0.487 e. The van der Waals surface area contributed by atoms with Crippen molar-refractivity contribution in [2.75, 3.05) is 5.32 Å². The summed E-state index contributed by atoms with van der Waals surface area (Å²) in [5, 5.41) is 3.46. The van der Waals surface area contributed by atoms with E-state index in [0.717, 1.165) is 42.7 Å². The Balaban J connectivity index is 2.11. The van der Waals surface area contributed by atoms with Gasteiger partial charge in [0.2, 0.25) is 5.91 Å². The molecule has 0 radical (unpaired) electrons. The smallest absolute Gasteiger partial charge is 0.221 e. The van der Waals surface area contributed by atoms with Crippen LogP contribution in [0.1, 0.15) is 51.0 Å². The Morgan fingerprint density at radius 2 is 2.32 bits per heavy atom. The van der Waals surface area contributed by atoms with Crippen molar-refractivity contribution in [1.29, 1.82) is 0 Å². The number of ether oxygens (including phenoxy) is 1. The normalized spacial score (nSPS) is 28.3. The summed E-state index contributed by atoms with van der Waals surface area (Å²) in [4.78, 5) is 11.4. The Kier molecular flexibility index (Phi) is 2.97. The van der Waals surface area contributed by atoms with Crippen LogP contribution in [0, 0.1) is 0 Å². The molecule has 1 saturated carbocycles. The van der Waals surface area contributed by atoms with Crippen LogP contribution in [0.2, 0.25) is 5.02 Å². The number of fused-ring (bicyclic) bond motifs is 4. The quantitative estimate of drug-likeness (QED) is 0.840. The molecular weight excluding hydrogens is 262 g/mol. The van der Waals surface area contributed by atoms with Gasteiger partial charge in [0.1, 0.15) is 11.4 Å². The molecule has 1 amide bonds. The van der Waals surface area contributed by atoms with Gasteiger partial charge in [-0.15, -0.1) is 0 Å². The van der Waals surface area contributed by atoms with Gasteiger partial charge in [-0.05, 0) is 50.7 Å². The molecular formula is C15H18ClNO2. The highest BCUT2D eigenvalue weighted by Gasteiger charge is 2.41. The monoisotopic (exact) mass is 279 g/mol. The molecule has 102 valence electrons. The molecule has 2 atom stereocenters. The maximum absolute atomic E-state index is 11.4. The lowest BCUT2D eigenvalue weighted by Gasteiger charge is -2.44. The van der Waals surface area contributed by atoms with Gasteiger partial charge in [-0.2, -0.15) is 0 Å². The summed E-state index contributed by atoms with van der Waals surface area (Å²) in [6.45, 7) is 3.68. The van der Waals surface area contributed by atoms with E-state index in [2.05, 4.69) is 12.2 Å². The molecule has 3 nitrogen and oxygen atoms in total. The van der Waals surface area contributed by atoms with E-state index in [4.69, 9.17) is 16.3 Å². The van der Waals surface area contributed by atoms with Crippen molar-refractivity contribution in [3.63, 3.8) is 0 Å². The van der Waals surface area contributed by atoms with Crippen molar-refractivity contribution >= 4 is 23.2 Å². The third-order valence-corrected chi connectivity index (χ3v) is 4.47. The number of nitrogens with one attached hydrogen (secondary N) is 1. The van der Waals surface area contributed by atoms with Gasteiger partial charge in [0.15, 0.2) is 0 Å². The van der Waals surface area contributed by atoms with Crippen molar-refractivity contribution in [3.8, 4) is 5.75 Å². The van der Waals surface area contributed by atoms with Gasteiger partial charge in [-0.1, -0.05) is 11.6 Å². The predicted octanol–water partition coefficient (Wildman–Crippen LogP) is 4.11. The van der Waals surface area contributed by atoms with Gasteiger partial charge >= 0.3 is 0 Å². The molecule has 1 aromatic rings. The number of hydrogen-bond acceptors (Lipinski definition) is 2. The number of amides is 1. The predicted molar refractivity (Wildman–Crippen MR) is 76.0 cm³/mol. The molecule has 0 aromatic heterocycles. The number of carbonyl (C=O) groups is 1. The molecule has 19 heavy (non-hydrogen) atoms. The lowest BCUT2D eigenvalue weighted by molar-refractivity contribution is -0.114. The van der Waals surface area contributed by atoms with Crippen molar-refractivity contribution in [1.82, 2.24) is 0 Å². The Labute approximate surface area is 118 Å².